The maximum Gasteiger partial charge on any atom is 0.269 e. The van der Waals surface area contributed by atoms with Gasteiger partial charge in [0.25, 0.3) is 5.69 Å². The van der Waals surface area contributed by atoms with Crippen molar-refractivity contribution < 1.29 is 4.92 Å². The number of nitro benzene ring substituents is 1. The number of hydrogen-bond acceptors (Lipinski definition) is 7. The molecule has 0 atom stereocenters. The average Bonchev–Trinajstić information content (AvgIpc) is 3.20. The van der Waals surface area contributed by atoms with Gasteiger partial charge in [-0.15, -0.1) is 0 Å². The van der Waals surface area contributed by atoms with Crippen molar-refractivity contribution in [3.05, 3.63) is 81.1 Å². The van der Waals surface area contributed by atoms with E-state index in [9.17, 15) is 10.1 Å². The topological polar surface area (TPSA) is 122 Å². The molecule has 29 heavy (non-hydrogen) atoms. The van der Waals surface area contributed by atoms with E-state index in [1.165, 1.54) is 12.1 Å². The van der Waals surface area contributed by atoms with Crippen LogP contribution in [0.25, 0.3) is 11.2 Å². The Morgan fingerprint density at radius 1 is 1.03 bits per heavy atom. The number of non-ortho nitro benzene ring substituents is 1. The molecule has 0 aliphatic carbocycles. The maximum absolute atomic E-state index is 10.8. The van der Waals surface area contributed by atoms with Crippen molar-refractivity contribution in [1.29, 1.82) is 0 Å². The Morgan fingerprint density at radius 3 is 2.59 bits per heavy atom. The van der Waals surface area contributed by atoms with E-state index in [1.807, 2.05) is 24.3 Å². The lowest BCUT2D eigenvalue weighted by atomic mass is 10.2. The Bertz CT molecular complexity index is 1160. The monoisotopic (exact) mass is 409 g/mol. The van der Waals surface area contributed by atoms with Gasteiger partial charge in [0.1, 0.15) is 5.52 Å². The average molecular weight is 410 g/mol. The Hall–Kier alpha value is -3.72. The maximum atomic E-state index is 10.8. The van der Waals surface area contributed by atoms with E-state index in [0.29, 0.717) is 41.0 Å². The highest BCUT2D eigenvalue weighted by atomic mass is 35.5. The third-order valence-electron chi connectivity index (χ3n) is 4.29. The smallest absolute Gasteiger partial charge is 0.269 e. The summed E-state index contributed by atoms with van der Waals surface area (Å²) >= 11 is 6.19. The Labute approximate surface area is 170 Å². The molecule has 3 N–H and O–H groups in total. The first kappa shape index (κ1) is 18.6. The molecule has 0 spiro atoms. The Balaban J connectivity index is 1.51. The van der Waals surface area contributed by atoms with E-state index in [-0.39, 0.29) is 5.69 Å². The number of H-pyrrole nitrogens is 1. The van der Waals surface area contributed by atoms with Crippen molar-refractivity contribution in [2.45, 2.75) is 13.1 Å². The lowest BCUT2D eigenvalue weighted by Gasteiger charge is -2.10. The molecule has 4 rings (SSSR count). The largest absolute Gasteiger partial charge is 0.364 e. The van der Waals surface area contributed by atoms with Crippen LogP contribution >= 0.6 is 11.6 Å². The third-order valence-corrected chi connectivity index (χ3v) is 4.66. The number of fused-ring (bicyclic) bond motifs is 1. The molecule has 0 bridgehead atoms. The number of nitrogens with one attached hydrogen (secondary N) is 3. The SMILES string of the molecule is O=[N+]([O-])c1ccc(CNc2nc(NCc3ccccc3Cl)nc3nc[nH]c23)cc1. The number of benzene rings is 2. The van der Waals surface area contributed by atoms with Gasteiger partial charge in [-0.2, -0.15) is 9.97 Å². The summed E-state index contributed by atoms with van der Waals surface area (Å²) in [6.07, 6.45) is 1.55. The number of aromatic amines is 1. The van der Waals surface area contributed by atoms with Gasteiger partial charge in [0.2, 0.25) is 5.95 Å². The molecule has 146 valence electrons. The summed E-state index contributed by atoms with van der Waals surface area (Å²) in [5, 5.41) is 17.8. The van der Waals surface area contributed by atoms with Crippen molar-refractivity contribution in [3.8, 4) is 0 Å². The van der Waals surface area contributed by atoms with E-state index in [4.69, 9.17) is 11.6 Å². The predicted octanol–water partition coefficient (Wildman–Crippen LogP) is 4.14. The number of hydrogen-bond donors (Lipinski definition) is 3. The van der Waals surface area contributed by atoms with E-state index in [2.05, 4.69) is 30.6 Å². The molecule has 9 nitrogen and oxygen atoms in total. The summed E-state index contributed by atoms with van der Waals surface area (Å²) in [6, 6.07) is 13.9. The number of nitro groups is 1. The molecule has 0 aliphatic rings. The van der Waals surface area contributed by atoms with Crippen LogP contribution in [0.15, 0.2) is 54.9 Å². The number of rotatable bonds is 7. The van der Waals surface area contributed by atoms with E-state index in [1.54, 1.807) is 18.5 Å². The quantitative estimate of drug-likeness (QED) is 0.309. The summed E-state index contributed by atoms with van der Waals surface area (Å²) in [4.78, 5) is 26.5. The van der Waals surface area contributed by atoms with Crippen molar-refractivity contribution in [2.24, 2.45) is 0 Å². The highest BCUT2D eigenvalue weighted by Crippen LogP contribution is 2.21. The molecule has 4 aromatic rings. The minimum atomic E-state index is -0.424. The van der Waals surface area contributed by atoms with E-state index >= 15 is 0 Å². The highest BCUT2D eigenvalue weighted by Gasteiger charge is 2.11. The van der Waals surface area contributed by atoms with Crippen molar-refractivity contribution >= 4 is 40.2 Å². The molecular formula is C19H16ClN7O2. The molecule has 2 aromatic carbocycles. The van der Waals surface area contributed by atoms with Gasteiger partial charge in [0.15, 0.2) is 11.5 Å². The molecule has 0 amide bonds. The lowest BCUT2D eigenvalue weighted by molar-refractivity contribution is -0.384. The van der Waals surface area contributed by atoms with Gasteiger partial charge < -0.3 is 15.6 Å². The number of anilines is 2. The molecule has 0 saturated heterocycles. The minimum absolute atomic E-state index is 0.0535. The highest BCUT2D eigenvalue weighted by molar-refractivity contribution is 6.31. The zero-order valence-corrected chi connectivity index (χ0v) is 15.8. The molecule has 0 radical (unpaired) electrons. The second kappa shape index (κ2) is 8.11. The summed E-state index contributed by atoms with van der Waals surface area (Å²) in [6.45, 7) is 0.907. The van der Waals surface area contributed by atoms with Crippen LogP contribution < -0.4 is 10.6 Å². The fourth-order valence-corrected chi connectivity index (χ4v) is 2.98. The second-order valence-electron chi connectivity index (χ2n) is 6.22. The summed E-state index contributed by atoms with van der Waals surface area (Å²) in [5.41, 5.74) is 3.06. The molecule has 0 fully saturated rings. The molecule has 10 heteroatoms. The number of imidazole rings is 1. The zero-order chi connectivity index (χ0) is 20.2. The van der Waals surface area contributed by atoms with Crippen LogP contribution in [-0.2, 0) is 13.1 Å². The summed E-state index contributed by atoms with van der Waals surface area (Å²) < 4.78 is 0. The minimum Gasteiger partial charge on any atom is -0.364 e. The number of halogens is 1. The van der Waals surface area contributed by atoms with Crippen LogP contribution in [-0.4, -0.2) is 24.9 Å². The molecule has 0 unspecified atom stereocenters. The Kier molecular flexibility index (Phi) is 5.21. The lowest BCUT2D eigenvalue weighted by Crippen LogP contribution is -2.08. The van der Waals surface area contributed by atoms with Crippen LogP contribution in [0.3, 0.4) is 0 Å². The van der Waals surface area contributed by atoms with Crippen molar-refractivity contribution in [3.63, 3.8) is 0 Å². The van der Waals surface area contributed by atoms with Gasteiger partial charge in [0.05, 0.1) is 11.3 Å². The van der Waals surface area contributed by atoms with E-state index in [0.717, 1.165) is 11.1 Å². The number of nitrogens with zero attached hydrogens (tertiary/aromatic N) is 4. The van der Waals surface area contributed by atoms with Crippen LogP contribution in [0.5, 0.6) is 0 Å². The van der Waals surface area contributed by atoms with Gasteiger partial charge in [-0.1, -0.05) is 41.9 Å². The third kappa shape index (κ3) is 4.25. The first-order valence-corrected chi connectivity index (χ1v) is 9.13. The predicted molar refractivity (Wildman–Crippen MR) is 111 cm³/mol. The molecule has 2 heterocycles. The summed E-state index contributed by atoms with van der Waals surface area (Å²) in [5.74, 6) is 0.989. The molecule has 0 aliphatic heterocycles. The van der Waals surface area contributed by atoms with E-state index < -0.39 is 4.92 Å². The normalized spacial score (nSPS) is 10.8. The van der Waals surface area contributed by atoms with Gasteiger partial charge >= 0.3 is 0 Å². The van der Waals surface area contributed by atoms with Crippen LogP contribution in [0.4, 0.5) is 17.5 Å². The first-order chi connectivity index (χ1) is 14.1. The Morgan fingerprint density at radius 2 is 1.83 bits per heavy atom. The second-order valence-corrected chi connectivity index (χ2v) is 6.63. The van der Waals surface area contributed by atoms with Crippen molar-refractivity contribution in [2.75, 3.05) is 10.6 Å². The standard InChI is InChI=1S/C19H16ClN7O2/c20-15-4-2-1-3-13(15)10-22-19-25-17(16-18(26-19)24-11-23-16)21-9-12-5-7-14(8-6-12)27(28)29/h1-8,11H,9-10H2,(H3,21,22,23,24,25,26). The van der Waals surface area contributed by atoms with Gasteiger partial charge in [-0.05, 0) is 17.2 Å². The summed E-state index contributed by atoms with van der Waals surface area (Å²) in [7, 11) is 0. The van der Waals surface area contributed by atoms with Crippen LogP contribution in [0.1, 0.15) is 11.1 Å². The van der Waals surface area contributed by atoms with Crippen LogP contribution in [0.2, 0.25) is 5.02 Å². The fraction of sp³-hybridized carbons (Fsp3) is 0.105. The fourth-order valence-electron chi connectivity index (χ4n) is 2.78. The van der Waals surface area contributed by atoms with Gasteiger partial charge in [-0.3, -0.25) is 10.1 Å². The van der Waals surface area contributed by atoms with Gasteiger partial charge in [-0.25, -0.2) is 4.98 Å². The number of aromatic nitrogens is 4. The van der Waals surface area contributed by atoms with Crippen LogP contribution in [0, 0.1) is 10.1 Å². The first-order valence-electron chi connectivity index (χ1n) is 8.76. The zero-order valence-electron chi connectivity index (χ0n) is 15.1. The van der Waals surface area contributed by atoms with Gasteiger partial charge in [0, 0.05) is 30.2 Å². The molecule has 2 aromatic heterocycles. The van der Waals surface area contributed by atoms with Crippen molar-refractivity contribution in [1.82, 2.24) is 19.9 Å². The molecule has 0 saturated carbocycles. The molecular weight excluding hydrogens is 394 g/mol.